The molecule has 1 amide bonds. The van der Waals surface area contributed by atoms with Gasteiger partial charge in [0.2, 0.25) is 5.82 Å². The number of aromatic amines is 1. The summed E-state index contributed by atoms with van der Waals surface area (Å²) >= 11 is 0. The van der Waals surface area contributed by atoms with E-state index in [-0.39, 0.29) is 24.3 Å². The summed E-state index contributed by atoms with van der Waals surface area (Å²) in [5.41, 5.74) is 0. The fourth-order valence-electron chi connectivity index (χ4n) is 1.48. The van der Waals surface area contributed by atoms with Gasteiger partial charge in [-0.05, 0) is 6.42 Å². The molecular weight excluding hydrogens is 220 g/mol. The molecule has 17 heavy (non-hydrogen) atoms. The first-order valence-electron chi connectivity index (χ1n) is 5.92. The molecule has 0 saturated heterocycles. The highest BCUT2D eigenvalue weighted by atomic mass is 16.3. The number of carbonyl (C=O) groups is 1. The molecule has 1 rings (SSSR count). The van der Waals surface area contributed by atoms with E-state index in [9.17, 15) is 4.79 Å². The molecule has 1 aromatic rings. The Morgan fingerprint density at radius 2 is 2.18 bits per heavy atom. The zero-order valence-corrected chi connectivity index (χ0v) is 10.6. The lowest BCUT2D eigenvalue weighted by Gasteiger charge is -2.18. The SMILES string of the molecule is CCCN(CCO)C(=O)c1n[nH]c(C(C)C)n1. The van der Waals surface area contributed by atoms with Crippen LogP contribution in [0.25, 0.3) is 0 Å². The summed E-state index contributed by atoms with van der Waals surface area (Å²) < 4.78 is 0. The van der Waals surface area contributed by atoms with Gasteiger partial charge in [-0.25, -0.2) is 4.98 Å². The Bertz CT molecular complexity index is 356. The number of aromatic nitrogens is 3. The van der Waals surface area contributed by atoms with Crippen molar-refractivity contribution < 1.29 is 9.90 Å². The van der Waals surface area contributed by atoms with Crippen LogP contribution in [0.2, 0.25) is 0 Å². The van der Waals surface area contributed by atoms with Crippen LogP contribution in [0.4, 0.5) is 0 Å². The summed E-state index contributed by atoms with van der Waals surface area (Å²) in [6.07, 6.45) is 0.840. The van der Waals surface area contributed by atoms with E-state index in [0.29, 0.717) is 18.9 Å². The third kappa shape index (κ3) is 3.52. The van der Waals surface area contributed by atoms with Gasteiger partial charge in [-0.15, -0.1) is 5.10 Å². The van der Waals surface area contributed by atoms with E-state index in [1.165, 1.54) is 0 Å². The molecule has 1 aromatic heterocycles. The van der Waals surface area contributed by atoms with Crippen LogP contribution in [0, 0.1) is 0 Å². The number of hydrogen-bond donors (Lipinski definition) is 2. The monoisotopic (exact) mass is 240 g/mol. The molecule has 0 aliphatic carbocycles. The molecule has 0 bridgehead atoms. The molecule has 2 N–H and O–H groups in total. The molecule has 0 saturated carbocycles. The fraction of sp³-hybridized carbons (Fsp3) is 0.727. The third-order valence-electron chi connectivity index (χ3n) is 2.39. The zero-order chi connectivity index (χ0) is 12.8. The maximum absolute atomic E-state index is 12.0. The largest absolute Gasteiger partial charge is 0.395 e. The lowest BCUT2D eigenvalue weighted by atomic mass is 10.2. The average molecular weight is 240 g/mol. The van der Waals surface area contributed by atoms with Gasteiger partial charge in [-0.3, -0.25) is 9.89 Å². The predicted molar refractivity (Wildman–Crippen MR) is 63.8 cm³/mol. The Balaban J connectivity index is 2.77. The lowest BCUT2D eigenvalue weighted by molar-refractivity contribution is 0.0710. The molecule has 1 heterocycles. The first kappa shape index (κ1) is 13.6. The number of aliphatic hydroxyl groups excluding tert-OH is 1. The predicted octanol–water partition coefficient (Wildman–Crippen LogP) is 0.773. The molecule has 0 spiro atoms. The summed E-state index contributed by atoms with van der Waals surface area (Å²) in [4.78, 5) is 17.7. The highest BCUT2D eigenvalue weighted by Gasteiger charge is 2.19. The standard InChI is InChI=1S/C11H20N4O2/c1-4-5-15(6-7-16)11(17)10-12-9(8(2)3)13-14-10/h8,16H,4-7H2,1-3H3,(H,12,13,14). The van der Waals surface area contributed by atoms with Gasteiger partial charge in [0.1, 0.15) is 5.82 Å². The fourth-order valence-corrected chi connectivity index (χ4v) is 1.48. The second-order valence-corrected chi connectivity index (χ2v) is 4.21. The molecule has 0 atom stereocenters. The van der Waals surface area contributed by atoms with Crippen molar-refractivity contribution in [3.63, 3.8) is 0 Å². The molecule has 0 unspecified atom stereocenters. The number of amides is 1. The van der Waals surface area contributed by atoms with Gasteiger partial charge in [-0.1, -0.05) is 20.8 Å². The topological polar surface area (TPSA) is 82.1 Å². The molecule has 96 valence electrons. The Morgan fingerprint density at radius 3 is 2.65 bits per heavy atom. The maximum Gasteiger partial charge on any atom is 0.293 e. The van der Waals surface area contributed by atoms with E-state index < -0.39 is 0 Å². The molecule has 6 heteroatoms. The summed E-state index contributed by atoms with van der Waals surface area (Å²) in [6, 6.07) is 0. The molecule has 0 aliphatic heterocycles. The van der Waals surface area contributed by atoms with Crippen molar-refractivity contribution in [2.75, 3.05) is 19.7 Å². The van der Waals surface area contributed by atoms with Crippen molar-refractivity contribution in [1.82, 2.24) is 20.1 Å². The molecule has 0 aliphatic rings. The van der Waals surface area contributed by atoms with Crippen molar-refractivity contribution >= 4 is 5.91 Å². The van der Waals surface area contributed by atoms with Gasteiger partial charge < -0.3 is 10.0 Å². The van der Waals surface area contributed by atoms with Crippen molar-refractivity contribution in [3.8, 4) is 0 Å². The first-order valence-corrected chi connectivity index (χ1v) is 5.92. The van der Waals surface area contributed by atoms with Gasteiger partial charge in [-0.2, -0.15) is 0 Å². The average Bonchev–Trinajstić information content (AvgIpc) is 2.77. The highest BCUT2D eigenvalue weighted by molar-refractivity contribution is 5.90. The van der Waals surface area contributed by atoms with E-state index in [1.807, 2.05) is 20.8 Å². The minimum absolute atomic E-state index is 0.0484. The van der Waals surface area contributed by atoms with Crippen molar-refractivity contribution in [2.24, 2.45) is 0 Å². The molecular formula is C11H20N4O2. The van der Waals surface area contributed by atoms with Crippen molar-refractivity contribution in [3.05, 3.63) is 11.6 Å². The summed E-state index contributed by atoms with van der Waals surface area (Å²) in [5.74, 6) is 0.856. The Kier molecular flexibility index (Phi) is 5.09. The van der Waals surface area contributed by atoms with Gasteiger partial charge in [0.05, 0.1) is 6.61 Å². The first-order chi connectivity index (χ1) is 8.10. The van der Waals surface area contributed by atoms with Crippen LogP contribution in [0.5, 0.6) is 0 Å². The zero-order valence-electron chi connectivity index (χ0n) is 10.6. The van der Waals surface area contributed by atoms with Gasteiger partial charge in [0.25, 0.3) is 5.91 Å². The van der Waals surface area contributed by atoms with Crippen LogP contribution in [0.15, 0.2) is 0 Å². The summed E-state index contributed by atoms with van der Waals surface area (Å²) in [6.45, 7) is 6.81. The molecule has 0 fully saturated rings. The van der Waals surface area contributed by atoms with Crippen molar-refractivity contribution in [2.45, 2.75) is 33.1 Å². The normalized spacial score (nSPS) is 10.9. The third-order valence-corrected chi connectivity index (χ3v) is 2.39. The van der Waals surface area contributed by atoms with E-state index in [2.05, 4.69) is 15.2 Å². The van der Waals surface area contributed by atoms with E-state index in [1.54, 1.807) is 4.90 Å². The van der Waals surface area contributed by atoms with Crippen LogP contribution in [-0.4, -0.2) is 50.8 Å². The van der Waals surface area contributed by atoms with Crippen LogP contribution in [-0.2, 0) is 0 Å². The van der Waals surface area contributed by atoms with E-state index in [0.717, 1.165) is 6.42 Å². The minimum atomic E-state index is -0.232. The Hall–Kier alpha value is -1.43. The van der Waals surface area contributed by atoms with Gasteiger partial charge in [0, 0.05) is 19.0 Å². The van der Waals surface area contributed by atoms with Crippen LogP contribution < -0.4 is 0 Å². The molecule has 6 nitrogen and oxygen atoms in total. The summed E-state index contributed by atoms with van der Waals surface area (Å²) in [7, 11) is 0. The molecule has 0 radical (unpaired) electrons. The van der Waals surface area contributed by atoms with Crippen LogP contribution >= 0.6 is 0 Å². The second kappa shape index (κ2) is 6.34. The number of H-pyrrole nitrogens is 1. The van der Waals surface area contributed by atoms with E-state index in [4.69, 9.17) is 5.11 Å². The number of hydrogen-bond acceptors (Lipinski definition) is 4. The van der Waals surface area contributed by atoms with E-state index >= 15 is 0 Å². The second-order valence-electron chi connectivity index (χ2n) is 4.21. The Morgan fingerprint density at radius 1 is 1.47 bits per heavy atom. The Labute approximate surface area is 101 Å². The van der Waals surface area contributed by atoms with Gasteiger partial charge >= 0.3 is 0 Å². The lowest BCUT2D eigenvalue weighted by Crippen LogP contribution is -2.34. The smallest absolute Gasteiger partial charge is 0.293 e. The highest BCUT2D eigenvalue weighted by Crippen LogP contribution is 2.09. The minimum Gasteiger partial charge on any atom is -0.395 e. The number of rotatable bonds is 6. The van der Waals surface area contributed by atoms with Crippen molar-refractivity contribution in [1.29, 1.82) is 0 Å². The number of nitrogens with zero attached hydrogens (tertiary/aromatic N) is 3. The summed E-state index contributed by atoms with van der Waals surface area (Å²) in [5, 5.41) is 15.6. The van der Waals surface area contributed by atoms with Crippen LogP contribution in [0.1, 0.15) is 49.6 Å². The van der Waals surface area contributed by atoms with Gasteiger partial charge in [0.15, 0.2) is 0 Å². The number of nitrogens with one attached hydrogen (secondary N) is 1. The number of carbonyl (C=O) groups excluding carboxylic acids is 1. The molecule has 0 aromatic carbocycles. The number of aliphatic hydroxyl groups is 1. The maximum atomic E-state index is 12.0. The quantitative estimate of drug-likeness (QED) is 0.769. The van der Waals surface area contributed by atoms with Crippen LogP contribution in [0.3, 0.4) is 0 Å².